The second-order valence-corrected chi connectivity index (χ2v) is 6.80. The summed E-state index contributed by atoms with van der Waals surface area (Å²) in [6.45, 7) is 8.08. The lowest BCUT2D eigenvalue weighted by Gasteiger charge is -2.13. The zero-order valence-corrected chi connectivity index (χ0v) is 18.2. The molecule has 0 spiro atoms. The number of benzene rings is 2. The van der Waals surface area contributed by atoms with Gasteiger partial charge < -0.3 is 25.4 Å². The van der Waals surface area contributed by atoms with E-state index >= 15 is 0 Å². The van der Waals surface area contributed by atoms with Crippen molar-refractivity contribution in [3.05, 3.63) is 53.6 Å². The lowest BCUT2D eigenvalue weighted by atomic mass is 10.1. The lowest BCUT2D eigenvalue weighted by Crippen LogP contribution is -2.39. The van der Waals surface area contributed by atoms with Gasteiger partial charge >= 0.3 is 0 Å². The smallest absolute Gasteiger partial charge is 0.221 e. The molecule has 3 N–H and O–H groups in total. The van der Waals surface area contributed by atoms with Crippen LogP contribution >= 0.6 is 0 Å². The highest BCUT2D eigenvalue weighted by Crippen LogP contribution is 2.19. The van der Waals surface area contributed by atoms with E-state index in [1.54, 1.807) is 13.2 Å². The SMILES string of the molecule is CCNC(=NCCc1ccc(C)c(OC)c1)NCCOc1cccc(NC(C)=O)c1. The molecule has 0 saturated heterocycles. The minimum atomic E-state index is -0.107. The molecule has 0 fully saturated rings. The molecular weight excluding hydrogens is 380 g/mol. The van der Waals surface area contributed by atoms with Gasteiger partial charge in [0.1, 0.15) is 18.1 Å². The van der Waals surface area contributed by atoms with E-state index in [4.69, 9.17) is 9.47 Å². The van der Waals surface area contributed by atoms with Crippen molar-refractivity contribution < 1.29 is 14.3 Å². The van der Waals surface area contributed by atoms with E-state index < -0.39 is 0 Å². The van der Waals surface area contributed by atoms with Crippen LogP contribution in [0.5, 0.6) is 11.5 Å². The molecule has 2 rings (SSSR count). The number of methoxy groups -OCH3 is 1. The highest BCUT2D eigenvalue weighted by Gasteiger charge is 2.02. The Morgan fingerprint density at radius 2 is 1.97 bits per heavy atom. The van der Waals surface area contributed by atoms with Gasteiger partial charge in [0, 0.05) is 31.8 Å². The first-order valence-electron chi connectivity index (χ1n) is 10.2. The first-order valence-corrected chi connectivity index (χ1v) is 10.2. The fraction of sp³-hybridized carbons (Fsp3) is 0.391. The summed E-state index contributed by atoms with van der Waals surface area (Å²) in [7, 11) is 1.69. The lowest BCUT2D eigenvalue weighted by molar-refractivity contribution is -0.114. The Morgan fingerprint density at radius 1 is 1.13 bits per heavy atom. The van der Waals surface area contributed by atoms with Gasteiger partial charge in [-0.3, -0.25) is 9.79 Å². The molecule has 0 saturated carbocycles. The molecule has 7 nitrogen and oxygen atoms in total. The van der Waals surface area contributed by atoms with Crippen LogP contribution in [-0.4, -0.2) is 45.2 Å². The van der Waals surface area contributed by atoms with Crippen molar-refractivity contribution in [3.8, 4) is 11.5 Å². The Labute approximate surface area is 178 Å². The summed E-state index contributed by atoms with van der Waals surface area (Å²) in [5, 5.41) is 9.26. The molecule has 30 heavy (non-hydrogen) atoms. The van der Waals surface area contributed by atoms with E-state index in [-0.39, 0.29) is 5.91 Å². The Bertz CT molecular complexity index is 852. The van der Waals surface area contributed by atoms with Gasteiger partial charge in [-0.05, 0) is 49.6 Å². The van der Waals surface area contributed by atoms with E-state index in [0.717, 1.165) is 35.9 Å². The molecule has 1 amide bonds. The number of guanidine groups is 1. The van der Waals surface area contributed by atoms with Gasteiger partial charge in [-0.15, -0.1) is 0 Å². The molecule has 0 aromatic heterocycles. The number of nitrogens with zero attached hydrogens (tertiary/aromatic N) is 1. The van der Waals surface area contributed by atoms with Crippen molar-refractivity contribution >= 4 is 17.6 Å². The molecule has 162 valence electrons. The van der Waals surface area contributed by atoms with E-state index in [1.165, 1.54) is 12.5 Å². The number of nitrogens with one attached hydrogen (secondary N) is 3. The molecule has 0 atom stereocenters. The van der Waals surface area contributed by atoms with Gasteiger partial charge in [0.05, 0.1) is 13.7 Å². The van der Waals surface area contributed by atoms with Gasteiger partial charge in [0.25, 0.3) is 0 Å². The summed E-state index contributed by atoms with van der Waals surface area (Å²) < 4.78 is 11.1. The third kappa shape index (κ3) is 8.03. The van der Waals surface area contributed by atoms with Gasteiger partial charge in [-0.2, -0.15) is 0 Å². The number of rotatable bonds is 10. The molecule has 2 aromatic rings. The Hall–Kier alpha value is -3.22. The van der Waals surface area contributed by atoms with Crippen LogP contribution in [0.25, 0.3) is 0 Å². The number of hydrogen-bond acceptors (Lipinski definition) is 4. The third-order valence-electron chi connectivity index (χ3n) is 4.30. The molecule has 0 bridgehead atoms. The summed E-state index contributed by atoms with van der Waals surface area (Å²) in [5.41, 5.74) is 3.04. The average Bonchev–Trinajstić information content (AvgIpc) is 2.72. The maximum atomic E-state index is 11.2. The third-order valence-corrected chi connectivity index (χ3v) is 4.30. The summed E-state index contributed by atoms with van der Waals surface area (Å²) in [6, 6.07) is 13.6. The molecule has 0 aliphatic carbocycles. The predicted molar refractivity (Wildman–Crippen MR) is 122 cm³/mol. The fourth-order valence-electron chi connectivity index (χ4n) is 2.86. The monoisotopic (exact) mass is 412 g/mol. The number of carbonyl (C=O) groups is 1. The van der Waals surface area contributed by atoms with Crippen LogP contribution in [0.2, 0.25) is 0 Å². The Morgan fingerprint density at radius 3 is 2.70 bits per heavy atom. The van der Waals surface area contributed by atoms with E-state index in [9.17, 15) is 4.79 Å². The van der Waals surface area contributed by atoms with Crippen LogP contribution < -0.4 is 25.4 Å². The van der Waals surface area contributed by atoms with Crippen LogP contribution in [0.4, 0.5) is 5.69 Å². The Kier molecular flexibility index (Phi) is 9.51. The second-order valence-electron chi connectivity index (χ2n) is 6.80. The molecular formula is C23H32N4O3. The summed E-state index contributed by atoms with van der Waals surface area (Å²) in [5.74, 6) is 2.26. The molecule has 7 heteroatoms. The van der Waals surface area contributed by atoms with Gasteiger partial charge in [0.15, 0.2) is 5.96 Å². The highest BCUT2D eigenvalue weighted by molar-refractivity contribution is 5.88. The maximum absolute atomic E-state index is 11.2. The largest absolute Gasteiger partial charge is 0.496 e. The van der Waals surface area contributed by atoms with Crippen molar-refractivity contribution in [2.45, 2.75) is 27.2 Å². The minimum Gasteiger partial charge on any atom is -0.496 e. The zero-order chi connectivity index (χ0) is 21.8. The number of carbonyl (C=O) groups excluding carboxylic acids is 1. The van der Waals surface area contributed by atoms with Gasteiger partial charge in [-0.1, -0.05) is 18.2 Å². The molecule has 0 aliphatic rings. The van der Waals surface area contributed by atoms with Crippen molar-refractivity contribution in [3.63, 3.8) is 0 Å². The summed E-state index contributed by atoms with van der Waals surface area (Å²) >= 11 is 0. The van der Waals surface area contributed by atoms with Crippen LogP contribution in [-0.2, 0) is 11.2 Å². The highest BCUT2D eigenvalue weighted by atomic mass is 16.5. The molecule has 2 aromatic carbocycles. The second kappa shape index (κ2) is 12.4. The van der Waals surface area contributed by atoms with Crippen LogP contribution in [0, 0.1) is 6.92 Å². The van der Waals surface area contributed by atoms with E-state index in [2.05, 4.69) is 39.1 Å². The van der Waals surface area contributed by atoms with E-state index in [1.807, 2.05) is 32.0 Å². The molecule has 0 aliphatic heterocycles. The topological polar surface area (TPSA) is 84.0 Å². The van der Waals surface area contributed by atoms with Crippen LogP contribution in [0.1, 0.15) is 25.0 Å². The number of aliphatic imine (C=N–C) groups is 1. The molecule has 0 heterocycles. The number of hydrogen-bond donors (Lipinski definition) is 3. The summed E-state index contributed by atoms with van der Waals surface area (Å²) in [6.07, 6.45) is 0.833. The number of amides is 1. The van der Waals surface area contributed by atoms with Gasteiger partial charge in [0.2, 0.25) is 5.91 Å². The molecule has 0 radical (unpaired) electrons. The van der Waals surface area contributed by atoms with Gasteiger partial charge in [-0.25, -0.2) is 0 Å². The Balaban J connectivity index is 1.80. The van der Waals surface area contributed by atoms with Crippen molar-refractivity contribution in [1.82, 2.24) is 10.6 Å². The van der Waals surface area contributed by atoms with E-state index in [0.29, 0.717) is 25.4 Å². The number of anilines is 1. The number of aryl methyl sites for hydroxylation is 1. The standard InChI is InChI=1S/C23H32N4O3/c1-5-24-23(25-12-11-19-10-9-17(2)22(15-19)29-4)26-13-14-30-21-8-6-7-20(16-21)27-18(3)28/h6-10,15-16H,5,11-14H2,1-4H3,(H,27,28)(H2,24,25,26). The quantitative estimate of drug-likeness (QED) is 0.317. The minimum absolute atomic E-state index is 0.107. The fourth-order valence-corrected chi connectivity index (χ4v) is 2.86. The predicted octanol–water partition coefficient (Wildman–Crippen LogP) is 3.14. The normalized spacial score (nSPS) is 11.0. The van der Waals surface area contributed by atoms with Crippen LogP contribution in [0.15, 0.2) is 47.5 Å². The maximum Gasteiger partial charge on any atom is 0.221 e. The van der Waals surface area contributed by atoms with Crippen molar-refractivity contribution in [1.29, 1.82) is 0 Å². The van der Waals surface area contributed by atoms with Crippen molar-refractivity contribution in [2.24, 2.45) is 4.99 Å². The first-order chi connectivity index (χ1) is 14.5. The zero-order valence-electron chi connectivity index (χ0n) is 18.2. The first kappa shape index (κ1) is 23.1. The summed E-state index contributed by atoms with van der Waals surface area (Å²) in [4.78, 5) is 15.8. The van der Waals surface area contributed by atoms with Crippen molar-refractivity contribution in [2.75, 3.05) is 38.7 Å². The average molecular weight is 413 g/mol. The van der Waals surface area contributed by atoms with Crippen LogP contribution in [0.3, 0.4) is 0 Å². The molecule has 0 unspecified atom stereocenters. The number of ether oxygens (including phenoxy) is 2.